The lowest BCUT2D eigenvalue weighted by Gasteiger charge is -2.05. The summed E-state index contributed by atoms with van der Waals surface area (Å²) in [7, 11) is 0. The highest BCUT2D eigenvalue weighted by molar-refractivity contribution is 5.74. The molecule has 0 fully saturated rings. The number of para-hydroxylation sites is 1. The van der Waals surface area contributed by atoms with Gasteiger partial charge in [-0.3, -0.25) is 10.6 Å². The molecule has 4 N–H and O–H groups in total. The first-order valence-electron chi connectivity index (χ1n) is 3.34. The summed E-state index contributed by atoms with van der Waals surface area (Å²) in [6.07, 6.45) is 0. The molecule has 5 nitrogen and oxygen atoms in total. The molecule has 12 heavy (non-hydrogen) atoms. The number of benzene rings is 1. The second kappa shape index (κ2) is 4.20. The topological polar surface area (TPSA) is 73.4 Å². The van der Waals surface area contributed by atoms with Crippen molar-refractivity contribution in [2.45, 2.75) is 0 Å². The SMILES string of the molecule is O=C(NO)NNc1ccccc1. The summed E-state index contributed by atoms with van der Waals surface area (Å²) >= 11 is 0. The van der Waals surface area contributed by atoms with E-state index in [1.54, 1.807) is 12.1 Å². The van der Waals surface area contributed by atoms with E-state index in [9.17, 15) is 4.79 Å². The summed E-state index contributed by atoms with van der Waals surface area (Å²) in [6, 6.07) is 8.34. The van der Waals surface area contributed by atoms with E-state index < -0.39 is 6.03 Å². The van der Waals surface area contributed by atoms with Crippen LogP contribution in [0.1, 0.15) is 0 Å². The Kier molecular flexibility index (Phi) is 2.92. The minimum atomic E-state index is -0.709. The van der Waals surface area contributed by atoms with Crippen molar-refractivity contribution < 1.29 is 10.0 Å². The molecule has 0 heterocycles. The molecular weight excluding hydrogens is 158 g/mol. The molecule has 0 unspecified atom stereocenters. The quantitative estimate of drug-likeness (QED) is 0.387. The van der Waals surface area contributed by atoms with Gasteiger partial charge in [-0.25, -0.2) is 15.7 Å². The Labute approximate surface area is 69.3 Å². The molecule has 0 aliphatic heterocycles. The Morgan fingerprint density at radius 1 is 1.25 bits per heavy atom. The summed E-state index contributed by atoms with van der Waals surface area (Å²) in [5, 5.41) is 8.11. The lowest BCUT2D eigenvalue weighted by atomic mass is 10.3. The maximum absolute atomic E-state index is 10.5. The van der Waals surface area contributed by atoms with Gasteiger partial charge < -0.3 is 0 Å². The molecule has 0 aliphatic carbocycles. The number of amides is 2. The molecule has 1 aromatic carbocycles. The Morgan fingerprint density at radius 3 is 2.50 bits per heavy atom. The highest BCUT2D eigenvalue weighted by Gasteiger charge is 1.93. The number of hydrogen-bond acceptors (Lipinski definition) is 3. The fourth-order valence-electron chi connectivity index (χ4n) is 0.678. The largest absolute Gasteiger partial charge is 0.357 e. The minimum Gasteiger partial charge on any atom is -0.297 e. The van der Waals surface area contributed by atoms with Crippen LogP contribution in [0.5, 0.6) is 0 Å². The first kappa shape index (κ1) is 8.35. The van der Waals surface area contributed by atoms with Crippen LogP contribution in [0, 0.1) is 0 Å². The Hall–Kier alpha value is -1.75. The summed E-state index contributed by atoms with van der Waals surface area (Å²) < 4.78 is 0. The Bertz CT molecular complexity index is 250. The zero-order valence-electron chi connectivity index (χ0n) is 6.24. The van der Waals surface area contributed by atoms with E-state index in [-0.39, 0.29) is 0 Å². The van der Waals surface area contributed by atoms with Crippen LogP contribution in [-0.4, -0.2) is 11.2 Å². The summed E-state index contributed by atoms with van der Waals surface area (Å²) in [4.78, 5) is 10.5. The Balaban J connectivity index is 2.38. The predicted octanol–water partition coefficient (Wildman–Crippen LogP) is 0.702. The highest BCUT2D eigenvalue weighted by Crippen LogP contribution is 2.01. The normalized spacial score (nSPS) is 8.75. The summed E-state index contributed by atoms with van der Waals surface area (Å²) in [6.45, 7) is 0. The number of hydroxylamine groups is 1. The highest BCUT2D eigenvalue weighted by atomic mass is 16.5. The number of nitrogens with one attached hydrogen (secondary N) is 3. The molecule has 0 aliphatic rings. The van der Waals surface area contributed by atoms with Gasteiger partial charge in [0.05, 0.1) is 5.69 Å². The van der Waals surface area contributed by atoms with Crippen molar-refractivity contribution in [2.24, 2.45) is 0 Å². The molecule has 5 heteroatoms. The predicted molar refractivity (Wildman–Crippen MR) is 43.5 cm³/mol. The maximum Gasteiger partial charge on any atom is 0.357 e. The van der Waals surface area contributed by atoms with Gasteiger partial charge in [0, 0.05) is 0 Å². The number of anilines is 1. The smallest absolute Gasteiger partial charge is 0.297 e. The molecule has 0 atom stereocenters. The molecule has 0 aromatic heterocycles. The van der Waals surface area contributed by atoms with Gasteiger partial charge in [-0.05, 0) is 12.1 Å². The van der Waals surface area contributed by atoms with Crippen LogP contribution >= 0.6 is 0 Å². The molecule has 0 saturated carbocycles. The van der Waals surface area contributed by atoms with Crippen LogP contribution in [-0.2, 0) is 0 Å². The summed E-state index contributed by atoms with van der Waals surface area (Å²) in [5.74, 6) is 0. The lowest BCUT2D eigenvalue weighted by Crippen LogP contribution is -2.37. The Morgan fingerprint density at radius 2 is 1.92 bits per heavy atom. The van der Waals surface area contributed by atoms with Gasteiger partial charge in [0.1, 0.15) is 0 Å². The molecule has 0 spiro atoms. The monoisotopic (exact) mass is 167 g/mol. The van der Waals surface area contributed by atoms with E-state index in [1.807, 2.05) is 18.2 Å². The molecule has 1 rings (SSSR count). The molecule has 0 saturated heterocycles. The third-order valence-electron chi connectivity index (χ3n) is 1.20. The number of carbonyl (C=O) groups excluding carboxylic acids is 1. The molecule has 2 amide bonds. The second-order valence-corrected chi connectivity index (χ2v) is 2.06. The van der Waals surface area contributed by atoms with Gasteiger partial charge in [-0.15, -0.1) is 0 Å². The lowest BCUT2D eigenvalue weighted by molar-refractivity contribution is 0.163. The van der Waals surface area contributed by atoms with Crippen molar-refractivity contribution >= 4 is 11.7 Å². The average molecular weight is 167 g/mol. The molecule has 64 valence electrons. The number of hydrazine groups is 1. The fourth-order valence-corrected chi connectivity index (χ4v) is 0.678. The molecule has 1 aromatic rings. The van der Waals surface area contributed by atoms with Gasteiger partial charge >= 0.3 is 6.03 Å². The summed E-state index contributed by atoms with van der Waals surface area (Å²) in [5.41, 5.74) is 6.93. The van der Waals surface area contributed by atoms with E-state index in [4.69, 9.17) is 5.21 Å². The first-order valence-corrected chi connectivity index (χ1v) is 3.34. The van der Waals surface area contributed by atoms with Crippen LogP contribution in [0.3, 0.4) is 0 Å². The second-order valence-electron chi connectivity index (χ2n) is 2.06. The molecule has 0 bridgehead atoms. The van der Waals surface area contributed by atoms with Gasteiger partial charge in [0.15, 0.2) is 0 Å². The fraction of sp³-hybridized carbons (Fsp3) is 0. The van der Waals surface area contributed by atoms with Crippen molar-refractivity contribution in [1.82, 2.24) is 10.9 Å². The van der Waals surface area contributed by atoms with Gasteiger partial charge in [0.2, 0.25) is 0 Å². The van der Waals surface area contributed by atoms with Gasteiger partial charge in [-0.2, -0.15) is 0 Å². The van der Waals surface area contributed by atoms with Crippen molar-refractivity contribution in [3.8, 4) is 0 Å². The standard InChI is InChI=1S/C7H9N3O2/c11-7(10-12)9-8-6-4-2-1-3-5-6/h1-5,8,12H,(H2,9,10,11). The van der Waals surface area contributed by atoms with Gasteiger partial charge in [0.25, 0.3) is 0 Å². The zero-order chi connectivity index (χ0) is 8.81. The van der Waals surface area contributed by atoms with Crippen molar-refractivity contribution in [3.63, 3.8) is 0 Å². The van der Waals surface area contributed by atoms with Gasteiger partial charge in [-0.1, -0.05) is 18.2 Å². The molecular formula is C7H9N3O2. The van der Waals surface area contributed by atoms with Crippen LogP contribution in [0.15, 0.2) is 30.3 Å². The van der Waals surface area contributed by atoms with E-state index in [2.05, 4.69) is 10.9 Å². The van der Waals surface area contributed by atoms with E-state index >= 15 is 0 Å². The third-order valence-corrected chi connectivity index (χ3v) is 1.20. The van der Waals surface area contributed by atoms with Crippen molar-refractivity contribution in [3.05, 3.63) is 30.3 Å². The maximum atomic E-state index is 10.5. The van der Waals surface area contributed by atoms with E-state index in [0.717, 1.165) is 5.69 Å². The first-order chi connectivity index (χ1) is 5.83. The number of urea groups is 1. The zero-order valence-corrected chi connectivity index (χ0v) is 6.24. The van der Waals surface area contributed by atoms with Crippen molar-refractivity contribution in [2.75, 3.05) is 5.43 Å². The number of carbonyl (C=O) groups is 1. The van der Waals surface area contributed by atoms with E-state index in [1.165, 1.54) is 5.48 Å². The van der Waals surface area contributed by atoms with E-state index in [0.29, 0.717) is 0 Å². The number of rotatable bonds is 2. The minimum absolute atomic E-state index is 0.709. The van der Waals surface area contributed by atoms with Crippen molar-refractivity contribution in [1.29, 1.82) is 0 Å². The van der Waals surface area contributed by atoms with Crippen LogP contribution in [0.4, 0.5) is 10.5 Å². The van der Waals surface area contributed by atoms with Crippen LogP contribution < -0.4 is 16.3 Å². The average Bonchev–Trinajstić information content (AvgIpc) is 2.16. The number of hydrogen-bond donors (Lipinski definition) is 4. The van der Waals surface area contributed by atoms with Crippen LogP contribution in [0.25, 0.3) is 0 Å². The van der Waals surface area contributed by atoms with Crippen LogP contribution in [0.2, 0.25) is 0 Å². The molecule has 0 radical (unpaired) electrons. The third kappa shape index (κ3) is 2.47.